The van der Waals surface area contributed by atoms with E-state index in [1.54, 1.807) is 13.2 Å². The van der Waals surface area contributed by atoms with Gasteiger partial charge in [0.1, 0.15) is 4.83 Å². The van der Waals surface area contributed by atoms with Crippen LogP contribution in [0.2, 0.25) is 0 Å². The number of aryl methyl sites for hydroxylation is 1. The summed E-state index contributed by atoms with van der Waals surface area (Å²) in [4.78, 5) is 33.3. The van der Waals surface area contributed by atoms with Gasteiger partial charge in [0, 0.05) is 33.0 Å². The average Bonchev–Trinajstić information content (AvgIpc) is 2.99. The van der Waals surface area contributed by atoms with Crippen LogP contribution in [-0.2, 0) is 0 Å². The van der Waals surface area contributed by atoms with Gasteiger partial charge in [0.05, 0.1) is 21.6 Å². The van der Waals surface area contributed by atoms with E-state index in [0.29, 0.717) is 15.4 Å². The molecule has 0 aliphatic carbocycles. The van der Waals surface area contributed by atoms with Crippen molar-refractivity contribution in [3.8, 4) is 0 Å². The molecule has 0 aliphatic rings. The highest BCUT2D eigenvalue weighted by atomic mass is 32.1. The number of aromatic nitrogens is 1. The molecule has 2 aromatic heterocycles. The Hall–Kier alpha value is -2.93. The highest BCUT2D eigenvalue weighted by Gasteiger charge is 2.21. The summed E-state index contributed by atoms with van der Waals surface area (Å²) in [5.74, 6) is 0. The maximum atomic E-state index is 12.8. The molecule has 1 aromatic carbocycles. The summed E-state index contributed by atoms with van der Waals surface area (Å²) >= 11 is 1.27. The van der Waals surface area contributed by atoms with Crippen molar-refractivity contribution in [3.05, 3.63) is 47.0 Å². The zero-order valence-corrected chi connectivity index (χ0v) is 15.9. The second-order valence-corrected chi connectivity index (χ2v) is 7.22. The van der Waals surface area contributed by atoms with Crippen molar-refractivity contribution in [3.63, 3.8) is 0 Å². The van der Waals surface area contributed by atoms with Crippen molar-refractivity contribution < 1.29 is 9.59 Å². The van der Waals surface area contributed by atoms with E-state index in [1.165, 1.54) is 16.2 Å². The first-order valence-electron chi connectivity index (χ1n) is 8.07. The van der Waals surface area contributed by atoms with Gasteiger partial charge in [-0.05, 0) is 25.1 Å². The summed E-state index contributed by atoms with van der Waals surface area (Å²) in [5.41, 5.74) is 3.29. The van der Waals surface area contributed by atoms with E-state index < -0.39 is 0 Å². The molecule has 0 atom stereocenters. The van der Waals surface area contributed by atoms with Gasteiger partial charge in [-0.25, -0.2) is 9.78 Å². The Bertz CT molecular complexity index is 964. The van der Waals surface area contributed by atoms with Crippen LogP contribution < -0.4 is 15.1 Å². The van der Waals surface area contributed by atoms with Gasteiger partial charge < -0.3 is 10.2 Å². The summed E-state index contributed by atoms with van der Waals surface area (Å²) in [5, 5.41) is 3.67. The number of urea groups is 1. The van der Waals surface area contributed by atoms with Crippen LogP contribution in [0, 0.1) is 6.92 Å². The average molecular weight is 368 g/mol. The molecule has 1 N–H and O–H groups in total. The Balaban J connectivity index is 2.00. The zero-order valence-electron chi connectivity index (χ0n) is 15.1. The number of carbonyl (C=O) groups excluding carboxylic acids is 2. The lowest BCUT2D eigenvalue weighted by molar-refractivity contribution is 0.112. The van der Waals surface area contributed by atoms with Gasteiger partial charge in [0.15, 0.2) is 6.29 Å². The molecule has 0 saturated carbocycles. The predicted octanol–water partition coefficient (Wildman–Crippen LogP) is 4.15. The van der Waals surface area contributed by atoms with Crippen LogP contribution in [0.1, 0.15) is 15.2 Å². The SMILES string of the molecule is Cc1ccc(N(C)C(=O)Nc2c(C=O)sc3nccc(N(C)C)c23)cc1. The van der Waals surface area contributed by atoms with E-state index in [0.717, 1.165) is 28.6 Å². The van der Waals surface area contributed by atoms with Crippen LogP contribution in [0.4, 0.5) is 21.9 Å². The van der Waals surface area contributed by atoms with Gasteiger partial charge in [-0.3, -0.25) is 9.69 Å². The quantitative estimate of drug-likeness (QED) is 0.703. The number of nitrogens with one attached hydrogen (secondary N) is 1. The normalized spacial score (nSPS) is 10.6. The highest BCUT2D eigenvalue weighted by Crippen LogP contribution is 2.39. The van der Waals surface area contributed by atoms with Crippen LogP contribution in [0.5, 0.6) is 0 Å². The molecule has 3 rings (SSSR count). The van der Waals surface area contributed by atoms with Crippen molar-refractivity contribution in [2.75, 3.05) is 36.3 Å². The number of fused-ring (bicyclic) bond motifs is 1. The third-order valence-electron chi connectivity index (χ3n) is 4.14. The summed E-state index contributed by atoms with van der Waals surface area (Å²) in [6, 6.07) is 9.21. The second kappa shape index (κ2) is 7.13. The third kappa shape index (κ3) is 3.25. The first-order valence-corrected chi connectivity index (χ1v) is 8.89. The Labute approximate surface area is 156 Å². The fraction of sp³-hybridized carbons (Fsp3) is 0.211. The van der Waals surface area contributed by atoms with Gasteiger partial charge in [0.25, 0.3) is 0 Å². The lowest BCUT2D eigenvalue weighted by Gasteiger charge is -2.19. The molecule has 7 heteroatoms. The third-order valence-corrected chi connectivity index (χ3v) is 5.17. The van der Waals surface area contributed by atoms with Gasteiger partial charge >= 0.3 is 6.03 Å². The molecule has 0 saturated heterocycles. The van der Waals surface area contributed by atoms with E-state index in [9.17, 15) is 9.59 Å². The van der Waals surface area contributed by atoms with Crippen LogP contribution in [0.3, 0.4) is 0 Å². The topological polar surface area (TPSA) is 65.5 Å². The molecule has 0 unspecified atom stereocenters. The molecule has 2 heterocycles. The molecule has 0 aliphatic heterocycles. The number of aldehydes is 1. The number of nitrogens with zero attached hydrogens (tertiary/aromatic N) is 3. The van der Waals surface area contributed by atoms with Crippen molar-refractivity contribution in [1.29, 1.82) is 0 Å². The minimum atomic E-state index is -0.315. The van der Waals surface area contributed by atoms with Crippen LogP contribution in [0.25, 0.3) is 10.2 Å². The van der Waals surface area contributed by atoms with Crippen molar-refractivity contribution in [2.24, 2.45) is 0 Å². The molecular formula is C19H20N4O2S. The standard InChI is InChI=1S/C19H20N4O2S/c1-12-5-7-13(8-6-12)23(4)19(25)21-17-15(11-24)26-18-16(17)14(22(2)3)9-10-20-18/h5-11H,1-4H3,(H,21,25). The summed E-state index contributed by atoms with van der Waals surface area (Å²) in [7, 11) is 5.52. The summed E-state index contributed by atoms with van der Waals surface area (Å²) < 4.78 is 0. The molecular weight excluding hydrogens is 348 g/mol. The maximum absolute atomic E-state index is 12.8. The largest absolute Gasteiger partial charge is 0.377 e. The van der Waals surface area contributed by atoms with E-state index in [1.807, 2.05) is 56.3 Å². The summed E-state index contributed by atoms with van der Waals surface area (Å²) in [6.07, 6.45) is 2.46. The Kier molecular flexibility index (Phi) is 4.90. The van der Waals surface area contributed by atoms with Crippen molar-refractivity contribution in [1.82, 2.24) is 4.98 Å². The van der Waals surface area contributed by atoms with E-state index >= 15 is 0 Å². The van der Waals surface area contributed by atoms with Crippen molar-refractivity contribution in [2.45, 2.75) is 6.92 Å². The van der Waals surface area contributed by atoms with E-state index in [2.05, 4.69) is 10.3 Å². The zero-order chi connectivity index (χ0) is 18.8. The minimum Gasteiger partial charge on any atom is -0.377 e. The number of carbonyl (C=O) groups is 2. The van der Waals surface area contributed by atoms with Gasteiger partial charge in [-0.1, -0.05) is 17.7 Å². The number of benzene rings is 1. The Morgan fingerprint density at radius 3 is 2.46 bits per heavy atom. The molecule has 2 amide bonds. The van der Waals surface area contributed by atoms with Crippen molar-refractivity contribution >= 4 is 50.9 Å². The number of pyridine rings is 1. The fourth-order valence-corrected chi connectivity index (χ4v) is 3.61. The lowest BCUT2D eigenvalue weighted by atomic mass is 10.2. The first kappa shape index (κ1) is 17.9. The van der Waals surface area contributed by atoms with E-state index in [4.69, 9.17) is 0 Å². The number of thiophene rings is 1. The minimum absolute atomic E-state index is 0.315. The van der Waals surface area contributed by atoms with Gasteiger partial charge in [-0.2, -0.15) is 0 Å². The number of amides is 2. The molecule has 0 fully saturated rings. The number of hydrogen-bond acceptors (Lipinski definition) is 5. The van der Waals surface area contributed by atoms with Gasteiger partial charge in [0.2, 0.25) is 0 Å². The Morgan fingerprint density at radius 2 is 1.85 bits per heavy atom. The molecule has 0 radical (unpaired) electrons. The smallest absolute Gasteiger partial charge is 0.326 e. The van der Waals surface area contributed by atoms with Crippen LogP contribution >= 0.6 is 11.3 Å². The van der Waals surface area contributed by atoms with Gasteiger partial charge in [-0.15, -0.1) is 11.3 Å². The number of anilines is 3. The predicted molar refractivity (Wildman–Crippen MR) is 108 cm³/mol. The molecule has 134 valence electrons. The number of rotatable bonds is 4. The Morgan fingerprint density at radius 1 is 1.15 bits per heavy atom. The maximum Gasteiger partial charge on any atom is 0.326 e. The first-order chi connectivity index (χ1) is 12.4. The van der Waals surface area contributed by atoms with Crippen LogP contribution in [-0.4, -0.2) is 38.4 Å². The monoisotopic (exact) mass is 368 g/mol. The molecule has 0 spiro atoms. The molecule has 0 bridgehead atoms. The highest BCUT2D eigenvalue weighted by molar-refractivity contribution is 7.21. The molecule has 3 aromatic rings. The fourth-order valence-electron chi connectivity index (χ4n) is 2.68. The second-order valence-electron chi connectivity index (χ2n) is 6.19. The molecule has 26 heavy (non-hydrogen) atoms. The van der Waals surface area contributed by atoms with E-state index in [-0.39, 0.29) is 6.03 Å². The lowest BCUT2D eigenvalue weighted by Crippen LogP contribution is -2.31. The molecule has 6 nitrogen and oxygen atoms in total. The number of hydrogen-bond donors (Lipinski definition) is 1. The van der Waals surface area contributed by atoms with Crippen LogP contribution in [0.15, 0.2) is 36.5 Å². The summed E-state index contributed by atoms with van der Waals surface area (Å²) in [6.45, 7) is 1.99.